The van der Waals surface area contributed by atoms with Gasteiger partial charge in [-0.2, -0.15) is 4.31 Å². The number of likely N-dealkylation sites (N-methyl/N-ethyl adjacent to an activating group) is 1. The number of rotatable bonds is 13. The van der Waals surface area contributed by atoms with Gasteiger partial charge in [0.25, 0.3) is 5.91 Å². The molecule has 4 N–H and O–H groups in total. The summed E-state index contributed by atoms with van der Waals surface area (Å²) in [5.74, 6) is -2.31. The van der Waals surface area contributed by atoms with Crippen LogP contribution in [0, 0.1) is 28.6 Å². The van der Waals surface area contributed by atoms with Crippen LogP contribution in [0.2, 0.25) is 0 Å². The van der Waals surface area contributed by atoms with Gasteiger partial charge in [0.2, 0.25) is 27.6 Å². The van der Waals surface area contributed by atoms with Gasteiger partial charge in [0.05, 0.1) is 11.8 Å². The quantitative estimate of drug-likeness (QED) is 0.214. The first-order valence-corrected chi connectivity index (χ1v) is 19.5. The molecule has 14 heteroatoms. The summed E-state index contributed by atoms with van der Waals surface area (Å²) in [6.45, 7) is 12.8. The number of nitrogens with one attached hydrogen (secondary N) is 4. The van der Waals surface area contributed by atoms with Crippen LogP contribution in [-0.4, -0.2) is 104 Å². The van der Waals surface area contributed by atoms with E-state index >= 15 is 0 Å². The average Bonchev–Trinajstić information content (AvgIpc) is 3.32. The van der Waals surface area contributed by atoms with Gasteiger partial charge < -0.3 is 26.2 Å². The molecule has 0 spiro atoms. The van der Waals surface area contributed by atoms with Crippen LogP contribution < -0.4 is 21.3 Å². The van der Waals surface area contributed by atoms with Crippen molar-refractivity contribution >= 4 is 39.6 Å². The Hall–Kier alpha value is -2.74. The van der Waals surface area contributed by atoms with Crippen LogP contribution in [0.25, 0.3) is 0 Å². The van der Waals surface area contributed by atoms with Crippen LogP contribution in [0.5, 0.6) is 0 Å². The van der Waals surface area contributed by atoms with Crippen molar-refractivity contribution in [2.75, 3.05) is 32.4 Å². The largest absolute Gasteiger partial charge is 0.353 e. The zero-order valence-corrected chi connectivity index (χ0v) is 30.7. The van der Waals surface area contributed by atoms with Gasteiger partial charge >= 0.3 is 6.03 Å². The summed E-state index contributed by atoms with van der Waals surface area (Å²) in [6, 6.07) is -3.76. The van der Waals surface area contributed by atoms with Crippen LogP contribution in [0.1, 0.15) is 99.3 Å². The summed E-state index contributed by atoms with van der Waals surface area (Å²) in [7, 11) is -2.00. The lowest BCUT2D eigenvalue weighted by atomic mass is 9.83. The molecule has 0 bridgehead atoms. The van der Waals surface area contributed by atoms with Gasteiger partial charge in [-0.05, 0) is 54.3 Å². The van der Waals surface area contributed by atoms with Gasteiger partial charge in [-0.15, -0.1) is 0 Å². The van der Waals surface area contributed by atoms with Gasteiger partial charge in [0, 0.05) is 32.7 Å². The van der Waals surface area contributed by atoms with E-state index in [1.54, 1.807) is 4.90 Å². The first kappa shape index (κ1) is 38.1. The Balaban J connectivity index is 1.56. The molecule has 2 heterocycles. The maximum atomic E-state index is 14.5. The van der Waals surface area contributed by atoms with Crippen LogP contribution in [0.15, 0.2) is 0 Å². The fourth-order valence-corrected chi connectivity index (χ4v) is 9.57. The fraction of sp³-hybridized carbons (Fsp3) is 0.853. The number of hydrogen-bond donors (Lipinski definition) is 4. The van der Waals surface area contributed by atoms with E-state index in [-0.39, 0.29) is 41.4 Å². The number of Topliss-reactive ketones (excluding diaryl/α,β-unsaturated/α-hetero) is 1. The average molecular weight is 695 g/mol. The molecule has 0 radical (unpaired) electrons. The number of hydrogen-bond acceptors (Lipinski definition) is 7. The second-order valence-corrected chi connectivity index (χ2v) is 18.1. The number of likely N-dealkylation sites (tertiary alicyclic amines) is 1. The maximum Gasteiger partial charge on any atom is 0.315 e. The minimum absolute atomic E-state index is 0.0921. The second kappa shape index (κ2) is 15.0. The minimum atomic E-state index is -3.37. The number of carbonyl (C=O) groups is 5. The third-order valence-electron chi connectivity index (χ3n) is 11.3. The summed E-state index contributed by atoms with van der Waals surface area (Å²) in [5.41, 5.74) is -0.644. The number of piperidine rings is 1. The summed E-state index contributed by atoms with van der Waals surface area (Å²) in [6.07, 6.45) is 6.70. The maximum absolute atomic E-state index is 14.5. The van der Waals surface area contributed by atoms with Crippen molar-refractivity contribution in [1.29, 1.82) is 0 Å². The molecule has 0 aromatic heterocycles. The van der Waals surface area contributed by atoms with Crippen LogP contribution >= 0.6 is 0 Å². The van der Waals surface area contributed by atoms with E-state index in [1.807, 2.05) is 27.7 Å². The van der Waals surface area contributed by atoms with Gasteiger partial charge in [0.15, 0.2) is 0 Å². The monoisotopic (exact) mass is 694 g/mol. The SMILES string of the molecule is CCCCC(NC(=O)[C@@H]1[C@@H]2[C@H](CN1C(=O)[C@@H](NC(=O)N[C@H](CN1CCCS1(=O)=O)C(C)(C)C)C1CCCCC1)C2(C)C)C(=O)C(=O)NC. The van der Waals surface area contributed by atoms with Crippen molar-refractivity contribution in [3.8, 4) is 0 Å². The van der Waals surface area contributed by atoms with Crippen LogP contribution in [-0.2, 0) is 29.2 Å². The third-order valence-corrected chi connectivity index (χ3v) is 13.2. The summed E-state index contributed by atoms with van der Waals surface area (Å²) < 4.78 is 26.6. The van der Waals surface area contributed by atoms with Crippen LogP contribution in [0.4, 0.5) is 4.79 Å². The highest BCUT2D eigenvalue weighted by molar-refractivity contribution is 7.89. The highest BCUT2D eigenvalue weighted by atomic mass is 32.2. The summed E-state index contributed by atoms with van der Waals surface area (Å²) in [5, 5.41) is 11.2. The normalized spacial score (nSPS) is 26.9. The van der Waals surface area contributed by atoms with E-state index in [9.17, 15) is 32.4 Å². The van der Waals surface area contributed by atoms with Crippen molar-refractivity contribution in [2.45, 2.75) is 123 Å². The number of nitrogens with zero attached hydrogens (tertiary/aromatic N) is 2. The Bertz CT molecular complexity index is 1340. The molecular weight excluding hydrogens is 636 g/mol. The molecule has 48 heavy (non-hydrogen) atoms. The minimum Gasteiger partial charge on any atom is -0.353 e. The number of ketones is 1. The van der Waals surface area contributed by atoms with E-state index in [0.29, 0.717) is 32.4 Å². The van der Waals surface area contributed by atoms with E-state index < -0.39 is 63.2 Å². The molecule has 0 aromatic carbocycles. The number of fused-ring (bicyclic) bond motifs is 1. The van der Waals surface area contributed by atoms with Gasteiger partial charge in [0.1, 0.15) is 12.1 Å². The molecule has 4 aliphatic rings. The van der Waals surface area contributed by atoms with Crippen molar-refractivity contribution in [2.24, 2.45) is 28.6 Å². The van der Waals surface area contributed by atoms with Gasteiger partial charge in [-0.25, -0.2) is 13.2 Å². The van der Waals surface area contributed by atoms with Gasteiger partial charge in [-0.3, -0.25) is 19.2 Å². The number of urea groups is 1. The smallest absolute Gasteiger partial charge is 0.315 e. The molecule has 1 unspecified atom stereocenters. The first-order chi connectivity index (χ1) is 22.4. The number of sulfonamides is 1. The van der Waals surface area contributed by atoms with Crippen molar-refractivity contribution in [3.05, 3.63) is 0 Å². The zero-order valence-electron chi connectivity index (χ0n) is 29.9. The predicted octanol–water partition coefficient (Wildman–Crippen LogP) is 2.16. The molecule has 0 aromatic rings. The van der Waals surface area contributed by atoms with E-state index in [2.05, 4.69) is 35.1 Å². The van der Waals surface area contributed by atoms with E-state index in [4.69, 9.17) is 0 Å². The molecule has 4 rings (SSSR count). The lowest BCUT2D eigenvalue weighted by Crippen LogP contribution is -2.61. The Kier molecular flexibility index (Phi) is 11.9. The summed E-state index contributed by atoms with van der Waals surface area (Å²) in [4.78, 5) is 69.0. The van der Waals surface area contributed by atoms with Crippen molar-refractivity contribution in [1.82, 2.24) is 30.5 Å². The fourth-order valence-electron chi connectivity index (χ4n) is 8.03. The molecule has 6 atom stereocenters. The molecule has 2 saturated carbocycles. The van der Waals surface area contributed by atoms with E-state index in [0.717, 1.165) is 38.5 Å². The van der Waals surface area contributed by atoms with Crippen molar-refractivity contribution < 1.29 is 32.4 Å². The number of carbonyl (C=O) groups excluding carboxylic acids is 5. The summed E-state index contributed by atoms with van der Waals surface area (Å²) >= 11 is 0. The van der Waals surface area contributed by atoms with Gasteiger partial charge in [-0.1, -0.05) is 73.6 Å². The molecule has 272 valence electrons. The lowest BCUT2D eigenvalue weighted by Gasteiger charge is -2.38. The molecule has 13 nitrogen and oxygen atoms in total. The third kappa shape index (κ3) is 8.34. The zero-order chi connectivity index (χ0) is 35.6. The highest BCUT2D eigenvalue weighted by Crippen LogP contribution is 2.65. The van der Waals surface area contributed by atoms with Crippen LogP contribution in [0.3, 0.4) is 0 Å². The lowest BCUT2D eigenvalue weighted by molar-refractivity contribution is -0.144. The Labute approximate surface area is 286 Å². The predicted molar refractivity (Wildman–Crippen MR) is 182 cm³/mol. The number of amides is 5. The first-order valence-electron chi connectivity index (χ1n) is 17.9. The Morgan fingerprint density at radius 2 is 1.62 bits per heavy atom. The highest BCUT2D eigenvalue weighted by Gasteiger charge is 2.69. The Morgan fingerprint density at radius 3 is 2.19 bits per heavy atom. The molecule has 2 saturated heterocycles. The molecule has 4 fully saturated rings. The number of unbranched alkanes of at least 4 members (excludes halogenated alkanes) is 1. The molecule has 2 aliphatic carbocycles. The van der Waals surface area contributed by atoms with E-state index in [1.165, 1.54) is 11.4 Å². The standard InChI is InChI=1S/C34H58N6O7S/c1-8-9-16-23(28(41)30(43)35-7)36-29(42)27-25-22(34(25,5)6)19-40(27)31(44)26(21-14-11-10-12-15-21)38-32(45)37-24(33(2,3)4)20-39-17-13-18-48(39,46)47/h21-27H,8-20H2,1-7H3,(H,35,43)(H,36,42)(H2,37,38,45)/t22-,23?,24+,25-,26-,27-/m0/s1. The molecule has 5 amide bonds. The second-order valence-electron chi connectivity index (χ2n) is 16.0. The van der Waals surface area contributed by atoms with Crippen molar-refractivity contribution in [3.63, 3.8) is 0 Å². The molecular formula is C34H58N6O7S. The topological polar surface area (TPSA) is 174 Å². The molecule has 2 aliphatic heterocycles. The Morgan fingerprint density at radius 1 is 0.958 bits per heavy atom.